The number of benzene rings is 2. The summed E-state index contributed by atoms with van der Waals surface area (Å²) < 4.78 is 10.8. The lowest BCUT2D eigenvalue weighted by atomic mass is 9.94. The molecule has 1 aromatic heterocycles. The molecule has 0 radical (unpaired) electrons. The summed E-state index contributed by atoms with van der Waals surface area (Å²) in [6.45, 7) is 0.244. The number of hydrogen-bond acceptors (Lipinski definition) is 3. The number of nitrogens with one attached hydrogen (secondary N) is 2. The van der Waals surface area contributed by atoms with Crippen LogP contribution >= 0.6 is 0 Å². The summed E-state index contributed by atoms with van der Waals surface area (Å²) in [5.41, 5.74) is 2.39. The van der Waals surface area contributed by atoms with E-state index in [1.54, 1.807) is 0 Å². The van der Waals surface area contributed by atoms with E-state index in [9.17, 15) is 4.79 Å². The van der Waals surface area contributed by atoms with Crippen LogP contribution in [0, 0.1) is 0 Å². The Kier molecular flexibility index (Phi) is 2.68. The lowest BCUT2D eigenvalue weighted by Gasteiger charge is -2.17. The maximum atomic E-state index is 13.0. The van der Waals surface area contributed by atoms with E-state index in [0.29, 0.717) is 0 Å². The molecule has 0 saturated heterocycles. The van der Waals surface area contributed by atoms with Gasteiger partial charge >= 0.3 is 0 Å². The first-order valence-electron chi connectivity index (χ1n) is 8.04. The van der Waals surface area contributed by atoms with Gasteiger partial charge in [0.2, 0.25) is 12.7 Å². The molecule has 24 heavy (non-hydrogen) atoms. The molecule has 5 rings (SSSR count). The van der Waals surface area contributed by atoms with E-state index in [1.165, 1.54) is 0 Å². The third-order valence-corrected chi connectivity index (χ3v) is 4.95. The molecule has 1 aliphatic carbocycles. The summed E-state index contributed by atoms with van der Waals surface area (Å²) in [5.74, 6) is 1.50. The van der Waals surface area contributed by atoms with Crippen LogP contribution < -0.4 is 14.8 Å². The second-order valence-electron chi connectivity index (χ2n) is 6.35. The molecule has 1 amide bonds. The van der Waals surface area contributed by atoms with Gasteiger partial charge in [-0.25, -0.2) is 0 Å². The van der Waals surface area contributed by atoms with Crippen LogP contribution in [0.15, 0.2) is 48.7 Å². The number of rotatable bonds is 3. The molecule has 0 atom stereocenters. The van der Waals surface area contributed by atoms with Gasteiger partial charge in [0.05, 0.1) is 11.1 Å². The van der Waals surface area contributed by atoms with Gasteiger partial charge in [-0.2, -0.15) is 0 Å². The predicted octanol–water partition coefficient (Wildman–Crippen LogP) is 3.81. The largest absolute Gasteiger partial charge is 0.454 e. The third-order valence-electron chi connectivity index (χ3n) is 4.95. The fourth-order valence-corrected chi connectivity index (χ4v) is 3.40. The minimum absolute atomic E-state index is 0. The van der Waals surface area contributed by atoms with Crippen molar-refractivity contribution < 1.29 is 15.7 Å². The zero-order valence-electron chi connectivity index (χ0n) is 13.0. The molecule has 2 aromatic carbocycles. The van der Waals surface area contributed by atoms with Crippen LogP contribution in [0.1, 0.15) is 19.8 Å². The molecule has 2 heterocycles. The number of aromatic nitrogens is 1. The highest BCUT2D eigenvalue weighted by molar-refractivity contribution is 6.06. The number of carbonyl (C=O) groups excluding carboxylic acids is 1. The number of anilines is 1. The number of aromatic amines is 1. The summed E-state index contributed by atoms with van der Waals surface area (Å²) in [4.78, 5) is 16.1. The lowest BCUT2D eigenvalue weighted by molar-refractivity contribution is -0.118. The molecule has 2 N–H and O–H groups in total. The number of hydrogen-bond donors (Lipinski definition) is 2. The number of H-pyrrole nitrogens is 1. The Morgan fingerprint density at radius 3 is 2.88 bits per heavy atom. The Labute approximate surface area is 140 Å². The van der Waals surface area contributed by atoms with E-state index in [4.69, 9.17) is 9.47 Å². The van der Waals surface area contributed by atoms with Gasteiger partial charge in [-0.3, -0.25) is 4.79 Å². The van der Waals surface area contributed by atoms with Crippen molar-refractivity contribution in [2.45, 2.75) is 18.3 Å². The summed E-state index contributed by atoms with van der Waals surface area (Å²) >= 11 is 0. The average molecular weight is 322 g/mol. The maximum absolute atomic E-state index is 13.0. The van der Waals surface area contributed by atoms with Crippen molar-refractivity contribution in [1.29, 1.82) is 0 Å². The second kappa shape index (κ2) is 4.77. The van der Waals surface area contributed by atoms with Gasteiger partial charge in [-0.05, 0) is 48.7 Å². The highest BCUT2D eigenvalue weighted by Crippen LogP contribution is 2.51. The Morgan fingerprint density at radius 2 is 2.00 bits per heavy atom. The number of carbonyl (C=O) groups is 1. The highest BCUT2D eigenvalue weighted by Gasteiger charge is 2.51. The minimum atomic E-state index is -0.459. The molecule has 0 unspecified atom stereocenters. The van der Waals surface area contributed by atoms with E-state index >= 15 is 0 Å². The van der Waals surface area contributed by atoms with E-state index in [-0.39, 0.29) is 14.1 Å². The Balaban J connectivity index is 0.00000157. The molecule has 1 fully saturated rings. The summed E-state index contributed by atoms with van der Waals surface area (Å²) in [6, 6.07) is 13.6. The van der Waals surface area contributed by atoms with Gasteiger partial charge in [0.25, 0.3) is 0 Å². The van der Waals surface area contributed by atoms with Crippen LogP contribution in [-0.2, 0) is 10.2 Å². The monoisotopic (exact) mass is 322 g/mol. The van der Waals surface area contributed by atoms with Crippen LogP contribution in [0.2, 0.25) is 0 Å². The third kappa shape index (κ3) is 1.91. The molecule has 5 nitrogen and oxygen atoms in total. The first-order valence-corrected chi connectivity index (χ1v) is 8.04. The average Bonchev–Trinajstić information content (AvgIpc) is 3.05. The minimum Gasteiger partial charge on any atom is -0.454 e. The predicted molar refractivity (Wildman–Crippen MR) is 92.5 cm³/mol. The van der Waals surface area contributed by atoms with Crippen molar-refractivity contribution in [2.75, 3.05) is 12.1 Å². The van der Waals surface area contributed by atoms with Crippen LogP contribution in [-0.4, -0.2) is 17.7 Å². The van der Waals surface area contributed by atoms with Crippen molar-refractivity contribution in [3.05, 3.63) is 54.2 Å². The van der Waals surface area contributed by atoms with Gasteiger partial charge in [-0.1, -0.05) is 12.1 Å². The Hall–Kier alpha value is -2.95. The van der Waals surface area contributed by atoms with Crippen LogP contribution in [0.3, 0.4) is 0 Å². The fraction of sp³-hybridized carbons (Fsp3) is 0.211. The van der Waals surface area contributed by atoms with Gasteiger partial charge in [-0.15, -0.1) is 0 Å². The summed E-state index contributed by atoms with van der Waals surface area (Å²) in [7, 11) is 0. The van der Waals surface area contributed by atoms with E-state index in [0.717, 1.165) is 46.5 Å². The molecule has 122 valence electrons. The van der Waals surface area contributed by atoms with Gasteiger partial charge in [0.15, 0.2) is 11.5 Å². The summed E-state index contributed by atoms with van der Waals surface area (Å²) in [6.07, 6.45) is 3.58. The molecule has 0 bridgehead atoms. The highest BCUT2D eigenvalue weighted by atomic mass is 16.7. The first-order chi connectivity index (χ1) is 11.8. The first kappa shape index (κ1) is 13.5. The van der Waals surface area contributed by atoms with Crippen LogP contribution in [0.5, 0.6) is 11.5 Å². The molecule has 2 aliphatic rings. The quantitative estimate of drug-likeness (QED) is 0.770. The van der Waals surface area contributed by atoms with Gasteiger partial charge in [0.1, 0.15) is 0 Å². The maximum Gasteiger partial charge on any atom is 0.235 e. The summed E-state index contributed by atoms with van der Waals surface area (Å²) in [5, 5.41) is 4.13. The van der Waals surface area contributed by atoms with Crippen molar-refractivity contribution >= 4 is 22.5 Å². The van der Waals surface area contributed by atoms with Crippen molar-refractivity contribution in [1.82, 2.24) is 4.98 Å². The van der Waals surface area contributed by atoms with Gasteiger partial charge < -0.3 is 19.8 Å². The molecule has 1 saturated carbocycles. The lowest BCUT2D eigenvalue weighted by Crippen LogP contribution is -2.27. The Morgan fingerprint density at radius 1 is 1.12 bits per heavy atom. The van der Waals surface area contributed by atoms with Gasteiger partial charge in [0, 0.05) is 18.5 Å². The standard InChI is InChI=1S/C19H16N2O3.H2/c22-18(21-15-3-1-2-14-13(15)6-9-20-14)19(7-8-19)12-4-5-16-17(10-12)24-11-23-16;/h1-6,9-10,20H,7-8,11H2,(H,21,22);1H. The number of fused-ring (bicyclic) bond motifs is 2. The topological polar surface area (TPSA) is 63.4 Å². The number of ether oxygens (including phenoxy) is 2. The van der Waals surface area contributed by atoms with Crippen molar-refractivity contribution in [2.24, 2.45) is 0 Å². The van der Waals surface area contributed by atoms with Crippen LogP contribution in [0.4, 0.5) is 5.69 Å². The molecule has 5 heteroatoms. The molecule has 0 spiro atoms. The SMILES string of the molecule is O=C(Nc1cccc2[nH]ccc12)C1(c2ccc3c(c2)OCO3)CC1.[HH]. The normalized spacial score (nSPS) is 17.0. The molecule has 3 aromatic rings. The zero-order valence-corrected chi connectivity index (χ0v) is 13.0. The fourth-order valence-electron chi connectivity index (χ4n) is 3.40. The smallest absolute Gasteiger partial charge is 0.235 e. The molecular formula is C19H18N2O3. The van der Waals surface area contributed by atoms with Crippen molar-refractivity contribution in [3.8, 4) is 11.5 Å². The van der Waals surface area contributed by atoms with Crippen LogP contribution in [0.25, 0.3) is 10.9 Å². The molecular weight excluding hydrogens is 304 g/mol. The zero-order chi connectivity index (χ0) is 16.1. The second-order valence-corrected chi connectivity index (χ2v) is 6.35. The van der Waals surface area contributed by atoms with E-state index in [1.807, 2.05) is 48.7 Å². The molecule has 1 aliphatic heterocycles. The Bertz CT molecular complexity index is 962. The van der Waals surface area contributed by atoms with E-state index in [2.05, 4.69) is 10.3 Å². The van der Waals surface area contributed by atoms with E-state index < -0.39 is 5.41 Å². The van der Waals surface area contributed by atoms with Crippen molar-refractivity contribution in [3.63, 3.8) is 0 Å². The number of amides is 1.